The van der Waals surface area contributed by atoms with Gasteiger partial charge in [-0.15, -0.1) is 5.10 Å². The average molecular weight is 385 g/mol. The SMILES string of the molecule is COc1ccncc1NC(=O)c1c(N)nn2cc3c(nc12)CCN(CCF)C3. The lowest BCUT2D eigenvalue weighted by molar-refractivity contribution is 0.102. The molecule has 9 nitrogen and oxygen atoms in total. The molecule has 0 spiro atoms. The summed E-state index contributed by atoms with van der Waals surface area (Å²) >= 11 is 0. The van der Waals surface area contributed by atoms with E-state index in [2.05, 4.69) is 20.4 Å². The zero-order valence-electron chi connectivity index (χ0n) is 15.4. The number of carbonyl (C=O) groups is 1. The molecule has 4 heterocycles. The number of pyridine rings is 1. The maximum atomic E-state index is 12.9. The Hall–Kier alpha value is -3.27. The first kappa shape index (κ1) is 18.1. The molecular weight excluding hydrogens is 365 g/mol. The molecule has 0 radical (unpaired) electrons. The van der Waals surface area contributed by atoms with Gasteiger partial charge in [0, 0.05) is 50.1 Å². The van der Waals surface area contributed by atoms with Crippen LogP contribution in [0.25, 0.3) is 5.65 Å². The predicted octanol–water partition coefficient (Wildman–Crippen LogP) is 1.29. The van der Waals surface area contributed by atoms with Gasteiger partial charge in [0.25, 0.3) is 5.91 Å². The van der Waals surface area contributed by atoms with Gasteiger partial charge in [-0.25, -0.2) is 13.9 Å². The first-order valence-corrected chi connectivity index (χ1v) is 8.85. The minimum absolute atomic E-state index is 0.0795. The fourth-order valence-electron chi connectivity index (χ4n) is 3.36. The van der Waals surface area contributed by atoms with Gasteiger partial charge in [-0.3, -0.25) is 14.7 Å². The highest BCUT2D eigenvalue weighted by Gasteiger charge is 2.24. The van der Waals surface area contributed by atoms with Crippen molar-refractivity contribution < 1.29 is 13.9 Å². The highest BCUT2D eigenvalue weighted by Crippen LogP contribution is 2.26. The van der Waals surface area contributed by atoms with E-state index < -0.39 is 5.91 Å². The second-order valence-electron chi connectivity index (χ2n) is 6.49. The summed E-state index contributed by atoms with van der Waals surface area (Å²) in [7, 11) is 1.51. The highest BCUT2D eigenvalue weighted by molar-refractivity contribution is 6.12. The van der Waals surface area contributed by atoms with Crippen molar-refractivity contribution in [1.29, 1.82) is 0 Å². The molecule has 0 saturated carbocycles. The van der Waals surface area contributed by atoms with Crippen LogP contribution >= 0.6 is 0 Å². The van der Waals surface area contributed by atoms with Crippen molar-refractivity contribution in [2.24, 2.45) is 0 Å². The van der Waals surface area contributed by atoms with Crippen molar-refractivity contribution in [3.8, 4) is 5.75 Å². The largest absolute Gasteiger partial charge is 0.494 e. The number of fused-ring (bicyclic) bond motifs is 2. The number of nitrogen functional groups attached to an aromatic ring is 1. The second-order valence-corrected chi connectivity index (χ2v) is 6.49. The fourth-order valence-corrected chi connectivity index (χ4v) is 3.36. The molecule has 10 heteroatoms. The first-order chi connectivity index (χ1) is 13.6. The molecule has 28 heavy (non-hydrogen) atoms. The van der Waals surface area contributed by atoms with Crippen molar-refractivity contribution in [3.63, 3.8) is 0 Å². The predicted molar refractivity (Wildman–Crippen MR) is 101 cm³/mol. The summed E-state index contributed by atoms with van der Waals surface area (Å²) in [6.07, 6.45) is 5.54. The maximum absolute atomic E-state index is 12.9. The summed E-state index contributed by atoms with van der Waals surface area (Å²) in [5.74, 6) is 0.119. The Morgan fingerprint density at radius 2 is 2.32 bits per heavy atom. The monoisotopic (exact) mass is 385 g/mol. The number of aromatic nitrogens is 4. The molecule has 0 aromatic carbocycles. The number of halogens is 1. The third-order valence-corrected chi connectivity index (χ3v) is 4.74. The van der Waals surface area contributed by atoms with Gasteiger partial charge < -0.3 is 15.8 Å². The number of amides is 1. The Balaban J connectivity index is 1.68. The molecule has 0 aliphatic carbocycles. The third kappa shape index (κ3) is 3.22. The Kier molecular flexibility index (Phi) is 4.78. The van der Waals surface area contributed by atoms with Crippen LogP contribution in [0.4, 0.5) is 15.9 Å². The number of ether oxygens (including phenoxy) is 1. The van der Waals surface area contributed by atoms with Crippen LogP contribution in [-0.4, -0.2) is 57.3 Å². The van der Waals surface area contributed by atoms with Gasteiger partial charge in [-0.05, 0) is 0 Å². The molecule has 4 rings (SSSR count). The van der Waals surface area contributed by atoms with Crippen LogP contribution in [-0.2, 0) is 13.0 Å². The Morgan fingerprint density at radius 1 is 1.46 bits per heavy atom. The summed E-state index contributed by atoms with van der Waals surface area (Å²) in [6, 6.07) is 1.65. The van der Waals surface area contributed by atoms with Gasteiger partial charge >= 0.3 is 0 Å². The lowest BCUT2D eigenvalue weighted by Gasteiger charge is -2.26. The lowest BCUT2D eigenvalue weighted by atomic mass is 10.1. The fraction of sp³-hybridized carbons (Fsp3) is 0.333. The van der Waals surface area contributed by atoms with Crippen molar-refractivity contribution in [2.75, 3.05) is 37.9 Å². The summed E-state index contributed by atoms with van der Waals surface area (Å²) in [5.41, 5.74) is 8.84. The molecule has 0 unspecified atom stereocenters. The molecule has 1 aliphatic heterocycles. The van der Waals surface area contributed by atoms with Gasteiger partial charge in [-0.1, -0.05) is 0 Å². The van der Waals surface area contributed by atoms with Crippen LogP contribution < -0.4 is 15.8 Å². The van der Waals surface area contributed by atoms with Crippen LogP contribution in [0.1, 0.15) is 21.6 Å². The zero-order chi connectivity index (χ0) is 19.7. The van der Waals surface area contributed by atoms with Gasteiger partial charge in [0.2, 0.25) is 0 Å². The van der Waals surface area contributed by atoms with E-state index in [1.165, 1.54) is 17.8 Å². The first-order valence-electron chi connectivity index (χ1n) is 8.85. The van der Waals surface area contributed by atoms with Gasteiger partial charge in [0.05, 0.1) is 19.0 Å². The number of nitrogens with zero attached hydrogens (tertiary/aromatic N) is 5. The summed E-state index contributed by atoms with van der Waals surface area (Å²) in [6.45, 7) is 1.32. The number of carbonyl (C=O) groups excluding carboxylic acids is 1. The molecule has 146 valence electrons. The number of hydrogen-bond donors (Lipinski definition) is 2. The van der Waals surface area contributed by atoms with Crippen LogP contribution in [0.2, 0.25) is 0 Å². The molecule has 1 amide bonds. The number of rotatable bonds is 5. The Labute approximate surface area is 160 Å². The van der Waals surface area contributed by atoms with E-state index in [0.29, 0.717) is 36.6 Å². The quantitative estimate of drug-likeness (QED) is 0.681. The van der Waals surface area contributed by atoms with Gasteiger partial charge in [0.15, 0.2) is 11.5 Å². The van der Waals surface area contributed by atoms with Crippen LogP contribution in [0, 0.1) is 0 Å². The topological polar surface area (TPSA) is 111 Å². The Bertz CT molecular complexity index is 1040. The van der Waals surface area contributed by atoms with Crippen molar-refractivity contribution in [3.05, 3.63) is 41.5 Å². The van der Waals surface area contributed by atoms with Crippen LogP contribution in [0.5, 0.6) is 5.75 Å². The van der Waals surface area contributed by atoms with Crippen LogP contribution in [0.3, 0.4) is 0 Å². The molecule has 0 saturated heterocycles. The minimum Gasteiger partial charge on any atom is -0.494 e. The van der Waals surface area contributed by atoms with Crippen molar-refractivity contribution in [2.45, 2.75) is 13.0 Å². The summed E-state index contributed by atoms with van der Waals surface area (Å²) < 4.78 is 19.4. The molecule has 1 aliphatic rings. The lowest BCUT2D eigenvalue weighted by Crippen LogP contribution is -2.33. The second kappa shape index (κ2) is 7.39. The van der Waals surface area contributed by atoms with E-state index in [-0.39, 0.29) is 18.1 Å². The molecule has 0 bridgehead atoms. The number of anilines is 2. The van der Waals surface area contributed by atoms with E-state index in [1.54, 1.807) is 18.5 Å². The van der Waals surface area contributed by atoms with E-state index in [1.807, 2.05) is 4.90 Å². The van der Waals surface area contributed by atoms with Crippen molar-refractivity contribution in [1.82, 2.24) is 24.5 Å². The zero-order valence-corrected chi connectivity index (χ0v) is 15.4. The smallest absolute Gasteiger partial charge is 0.263 e. The molecule has 3 aromatic heterocycles. The minimum atomic E-state index is -0.443. The summed E-state index contributed by atoms with van der Waals surface area (Å²) in [5, 5.41) is 6.98. The number of methoxy groups -OCH3 is 1. The van der Waals surface area contributed by atoms with E-state index in [0.717, 1.165) is 17.8 Å². The van der Waals surface area contributed by atoms with Gasteiger partial charge in [0.1, 0.15) is 23.7 Å². The number of hydrogen-bond acceptors (Lipinski definition) is 7. The van der Waals surface area contributed by atoms with E-state index in [4.69, 9.17) is 10.5 Å². The maximum Gasteiger partial charge on any atom is 0.263 e. The normalized spacial score (nSPS) is 14.1. The highest BCUT2D eigenvalue weighted by atomic mass is 19.1. The van der Waals surface area contributed by atoms with Gasteiger partial charge in [-0.2, -0.15) is 0 Å². The number of nitrogens with one attached hydrogen (secondary N) is 1. The standard InChI is InChI=1S/C18H20FN7O2/c1-28-14-2-5-21-8-13(14)23-18(27)15-16(20)24-26-10-11-9-25(7-4-19)6-3-12(11)22-17(15)26/h2,5,8,10H,3-4,6-7,9H2,1H3,(H2,20,24)(H,23,27). The Morgan fingerprint density at radius 3 is 3.11 bits per heavy atom. The molecule has 0 fully saturated rings. The molecule has 3 N–H and O–H groups in total. The van der Waals surface area contributed by atoms with Crippen molar-refractivity contribution >= 4 is 23.1 Å². The van der Waals surface area contributed by atoms with E-state index >= 15 is 0 Å². The average Bonchev–Trinajstić information content (AvgIpc) is 3.01. The molecule has 0 atom stereocenters. The van der Waals surface area contributed by atoms with Crippen LogP contribution in [0.15, 0.2) is 24.7 Å². The third-order valence-electron chi connectivity index (χ3n) is 4.74. The molecular formula is C18H20FN7O2. The number of alkyl halides is 1. The number of nitrogens with two attached hydrogens (primary N) is 1. The molecule has 3 aromatic rings. The van der Waals surface area contributed by atoms with E-state index in [9.17, 15) is 9.18 Å². The summed E-state index contributed by atoms with van der Waals surface area (Å²) in [4.78, 5) is 23.5.